The summed E-state index contributed by atoms with van der Waals surface area (Å²) in [7, 11) is 0. The summed E-state index contributed by atoms with van der Waals surface area (Å²) < 4.78 is 0. The zero-order valence-corrected chi connectivity index (χ0v) is 13.5. The van der Waals surface area contributed by atoms with Gasteiger partial charge in [-0.15, -0.1) is 0 Å². The lowest BCUT2D eigenvalue weighted by Crippen LogP contribution is -2.19. The van der Waals surface area contributed by atoms with Crippen LogP contribution in [0.3, 0.4) is 0 Å². The van der Waals surface area contributed by atoms with Gasteiger partial charge in [-0.3, -0.25) is 14.9 Å². The third-order valence-corrected chi connectivity index (χ3v) is 3.87. The smallest absolute Gasteiger partial charge is 0.267 e. The van der Waals surface area contributed by atoms with Gasteiger partial charge in [0.1, 0.15) is 0 Å². The molecule has 3 rings (SSSR count). The molecule has 0 fully saturated rings. The molecule has 0 saturated carbocycles. The molecule has 0 atom stereocenters. The third-order valence-electron chi connectivity index (χ3n) is 3.87. The second kappa shape index (κ2) is 6.92. The molecule has 0 aliphatic carbocycles. The van der Waals surface area contributed by atoms with Crippen molar-refractivity contribution in [2.45, 2.75) is 6.92 Å². The molecule has 0 saturated heterocycles. The maximum absolute atomic E-state index is 12.5. The minimum Gasteiger partial charge on any atom is -0.267 e. The maximum Gasteiger partial charge on any atom is 0.278 e. The largest absolute Gasteiger partial charge is 0.278 e. The van der Waals surface area contributed by atoms with Gasteiger partial charge in [0.2, 0.25) is 0 Å². The number of fused-ring (bicyclic) bond motifs is 1. The summed E-state index contributed by atoms with van der Waals surface area (Å²) >= 11 is 0. The zero-order valence-electron chi connectivity index (χ0n) is 13.5. The number of nitrogens with one attached hydrogen (secondary N) is 1. The molecule has 124 valence electrons. The van der Waals surface area contributed by atoms with E-state index >= 15 is 0 Å². The number of nitrogens with zero attached hydrogens (tertiary/aromatic N) is 2. The number of amides is 1. The van der Waals surface area contributed by atoms with Gasteiger partial charge in [0.25, 0.3) is 11.6 Å². The number of carbonyl (C=O) groups is 1. The van der Waals surface area contributed by atoms with E-state index in [1.807, 2.05) is 43.3 Å². The number of carbonyl (C=O) groups excluding carboxylic acids is 1. The highest BCUT2D eigenvalue weighted by atomic mass is 16.6. The Labute approximate surface area is 143 Å². The van der Waals surface area contributed by atoms with Crippen molar-refractivity contribution in [1.29, 1.82) is 0 Å². The summed E-state index contributed by atoms with van der Waals surface area (Å²) in [5.74, 6) is -0.357. The number of hydrogen-bond donors (Lipinski definition) is 1. The predicted molar refractivity (Wildman–Crippen MR) is 96.8 cm³/mol. The van der Waals surface area contributed by atoms with Crippen LogP contribution in [0.25, 0.3) is 10.8 Å². The van der Waals surface area contributed by atoms with Gasteiger partial charge in [-0.25, -0.2) is 5.43 Å². The molecule has 1 N–H and O–H groups in total. The molecule has 3 aromatic rings. The minimum atomic E-state index is -0.488. The Kier molecular flexibility index (Phi) is 4.52. The lowest BCUT2D eigenvalue weighted by atomic mass is 9.99. The van der Waals surface area contributed by atoms with Crippen LogP contribution in [0.4, 0.5) is 5.69 Å². The van der Waals surface area contributed by atoms with Crippen LogP contribution < -0.4 is 5.43 Å². The van der Waals surface area contributed by atoms with E-state index in [1.54, 1.807) is 18.2 Å². The fourth-order valence-corrected chi connectivity index (χ4v) is 2.66. The van der Waals surface area contributed by atoms with Crippen molar-refractivity contribution in [3.63, 3.8) is 0 Å². The highest BCUT2D eigenvalue weighted by Gasteiger charge is 2.13. The lowest BCUT2D eigenvalue weighted by Gasteiger charge is -2.08. The Hall–Kier alpha value is -3.54. The van der Waals surface area contributed by atoms with Crippen molar-refractivity contribution in [2.24, 2.45) is 5.10 Å². The average Bonchev–Trinajstić information content (AvgIpc) is 2.61. The van der Waals surface area contributed by atoms with Gasteiger partial charge in [0.15, 0.2) is 0 Å². The minimum absolute atomic E-state index is 0.0677. The van der Waals surface area contributed by atoms with E-state index in [4.69, 9.17) is 0 Å². The van der Waals surface area contributed by atoms with E-state index in [1.165, 1.54) is 12.3 Å². The van der Waals surface area contributed by atoms with Gasteiger partial charge < -0.3 is 0 Å². The molecule has 0 aliphatic heterocycles. The molecule has 0 heterocycles. The van der Waals surface area contributed by atoms with Crippen LogP contribution >= 0.6 is 0 Å². The molecule has 1 amide bonds. The molecule has 0 radical (unpaired) electrons. The van der Waals surface area contributed by atoms with Crippen molar-refractivity contribution in [1.82, 2.24) is 5.43 Å². The first-order valence-electron chi connectivity index (χ1n) is 7.63. The molecule has 0 spiro atoms. The molecule has 0 unspecified atom stereocenters. The van der Waals surface area contributed by atoms with Crippen LogP contribution in [0.15, 0.2) is 65.8 Å². The Bertz CT molecular complexity index is 996. The summed E-state index contributed by atoms with van der Waals surface area (Å²) in [5, 5.41) is 16.7. The number of hydrogen-bond acceptors (Lipinski definition) is 4. The van der Waals surface area contributed by atoms with E-state index in [0.717, 1.165) is 16.3 Å². The molecular formula is C19H15N3O3. The average molecular weight is 333 g/mol. The SMILES string of the molecule is Cc1ccc2ccccc2c1C(=O)N/N=C\c1ccccc1[N+](=O)[O-]. The lowest BCUT2D eigenvalue weighted by molar-refractivity contribution is -0.385. The van der Waals surface area contributed by atoms with E-state index in [0.29, 0.717) is 11.1 Å². The quantitative estimate of drug-likeness (QED) is 0.447. The molecule has 0 bridgehead atoms. The Morgan fingerprint density at radius 1 is 1.08 bits per heavy atom. The number of hydrazone groups is 1. The first kappa shape index (κ1) is 16.3. The first-order valence-corrected chi connectivity index (χ1v) is 7.63. The fourth-order valence-electron chi connectivity index (χ4n) is 2.66. The predicted octanol–water partition coefficient (Wildman–Crippen LogP) is 3.82. The highest BCUT2D eigenvalue weighted by molar-refractivity contribution is 6.08. The number of aryl methyl sites for hydroxylation is 1. The first-order chi connectivity index (χ1) is 12.1. The van der Waals surface area contributed by atoms with E-state index < -0.39 is 4.92 Å². The topological polar surface area (TPSA) is 84.6 Å². The summed E-state index contributed by atoms with van der Waals surface area (Å²) in [6.07, 6.45) is 1.27. The summed E-state index contributed by atoms with van der Waals surface area (Å²) in [6.45, 7) is 1.85. The van der Waals surface area contributed by atoms with E-state index in [-0.39, 0.29) is 11.6 Å². The second-order valence-electron chi connectivity index (χ2n) is 5.49. The van der Waals surface area contributed by atoms with E-state index in [2.05, 4.69) is 10.5 Å². The van der Waals surface area contributed by atoms with Gasteiger partial charge in [-0.05, 0) is 29.3 Å². The second-order valence-corrected chi connectivity index (χ2v) is 5.49. The van der Waals surface area contributed by atoms with Crippen LogP contribution in [0, 0.1) is 17.0 Å². The highest BCUT2D eigenvalue weighted by Crippen LogP contribution is 2.22. The van der Waals surface area contributed by atoms with Gasteiger partial charge in [-0.1, -0.05) is 48.5 Å². The molecule has 0 aliphatic rings. The van der Waals surface area contributed by atoms with Crippen molar-refractivity contribution < 1.29 is 9.72 Å². The number of para-hydroxylation sites is 1. The molecule has 6 heteroatoms. The Morgan fingerprint density at radius 2 is 1.80 bits per heavy atom. The normalized spacial score (nSPS) is 10.9. The number of nitro benzene ring substituents is 1. The molecule has 3 aromatic carbocycles. The summed E-state index contributed by atoms with van der Waals surface area (Å²) in [4.78, 5) is 23.0. The van der Waals surface area contributed by atoms with Gasteiger partial charge in [-0.2, -0.15) is 5.10 Å². The van der Waals surface area contributed by atoms with Crippen molar-refractivity contribution in [3.05, 3.63) is 87.5 Å². The van der Waals surface area contributed by atoms with Crippen molar-refractivity contribution in [3.8, 4) is 0 Å². The Morgan fingerprint density at radius 3 is 2.60 bits per heavy atom. The zero-order chi connectivity index (χ0) is 17.8. The standard InChI is InChI=1S/C19H15N3O3/c1-13-10-11-14-6-2-4-8-16(14)18(13)19(23)21-20-12-15-7-3-5-9-17(15)22(24)25/h2-12H,1H3,(H,21,23)/b20-12-. The van der Waals surface area contributed by atoms with Gasteiger partial charge in [0.05, 0.1) is 22.3 Å². The summed E-state index contributed by atoms with van der Waals surface area (Å²) in [5.41, 5.74) is 4.08. The van der Waals surface area contributed by atoms with Crippen LogP contribution in [-0.2, 0) is 0 Å². The molecule has 25 heavy (non-hydrogen) atoms. The fraction of sp³-hybridized carbons (Fsp3) is 0.0526. The Balaban J connectivity index is 1.87. The van der Waals surface area contributed by atoms with Gasteiger partial charge >= 0.3 is 0 Å². The third kappa shape index (κ3) is 3.37. The van der Waals surface area contributed by atoms with E-state index in [9.17, 15) is 14.9 Å². The van der Waals surface area contributed by atoms with Crippen molar-refractivity contribution in [2.75, 3.05) is 0 Å². The molecular weight excluding hydrogens is 318 g/mol. The number of rotatable bonds is 4. The molecule has 6 nitrogen and oxygen atoms in total. The number of benzene rings is 3. The number of nitro groups is 1. The van der Waals surface area contributed by atoms with Crippen LogP contribution in [0.1, 0.15) is 21.5 Å². The maximum atomic E-state index is 12.5. The van der Waals surface area contributed by atoms with Gasteiger partial charge in [0, 0.05) is 6.07 Å². The molecule has 0 aromatic heterocycles. The summed E-state index contributed by atoms with van der Waals surface area (Å²) in [6, 6.07) is 17.6. The van der Waals surface area contributed by atoms with Crippen LogP contribution in [0.5, 0.6) is 0 Å². The van der Waals surface area contributed by atoms with Crippen molar-refractivity contribution >= 4 is 28.6 Å². The van der Waals surface area contributed by atoms with Crippen LogP contribution in [0.2, 0.25) is 0 Å². The van der Waals surface area contributed by atoms with Crippen LogP contribution in [-0.4, -0.2) is 17.0 Å². The monoisotopic (exact) mass is 333 g/mol.